The second kappa shape index (κ2) is 6.60. The van der Waals surface area contributed by atoms with Crippen LogP contribution in [-0.2, 0) is 17.8 Å². The summed E-state index contributed by atoms with van der Waals surface area (Å²) < 4.78 is 11.2. The van der Waals surface area contributed by atoms with Gasteiger partial charge in [-0.15, -0.1) is 0 Å². The summed E-state index contributed by atoms with van der Waals surface area (Å²) in [5, 5.41) is 1.20. The fourth-order valence-corrected chi connectivity index (χ4v) is 3.38. The second-order valence-corrected chi connectivity index (χ2v) is 5.90. The number of para-hydroxylation sites is 1. The molecule has 1 aliphatic heterocycles. The van der Waals surface area contributed by atoms with Crippen molar-refractivity contribution in [3.05, 3.63) is 35.6 Å². The summed E-state index contributed by atoms with van der Waals surface area (Å²) in [4.78, 5) is 2.50. The number of fused-ring (bicyclic) bond motifs is 1. The maximum atomic E-state index is 5.89. The molecular weight excluding hydrogens is 264 g/mol. The Balaban J connectivity index is 1.80. The molecule has 1 atom stereocenters. The zero-order valence-electron chi connectivity index (χ0n) is 12.7. The molecule has 0 saturated carbocycles. The van der Waals surface area contributed by atoms with E-state index < -0.39 is 0 Å². The molecule has 1 saturated heterocycles. The van der Waals surface area contributed by atoms with E-state index in [1.165, 1.54) is 23.8 Å². The standard InChI is InChI=1S/C17H24N2O2/c1-20-12-13-5-4-8-19(10-13)11-15-14-6-2-3-7-16(14)21-17(15)9-18/h2-3,6-7,13H,4-5,8-12,18H2,1H3. The van der Waals surface area contributed by atoms with E-state index in [0.29, 0.717) is 12.5 Å². The van der Waals surface area contributed by atoms with Gasteiger partial charge in [0.1, 0.15) is 11.3 Å². The van der Waals surface area contributed by atoms with Gasteiger partial charge in [0.25, 0.3) is 0 Å². The minimum atomic E-state index is 0.458. The van der Waals surface area contributed by atoms with Crippen molar-refractivity contribution in [1.29, 1.82) is 0 Å². The molecular formula is C17H24N2O2. The third-order valence-corrected chi connectivity index (χ3v) is 4.35. The number of ether oxygens (including phenoxy) is 1. The summed E-state index contributed by atoms with van der Waals surface area (Å²) in [6.45, 7) is 4.47. The van der Waals surface area contributed by atoms with Gasteiger partial charge in [0.05, 0.1) is 13.2 Å². The molecule has 1 aromatic heterocycles. The van der Waals surface area contributed by atoms with E-state index in [0.717, 1.165) is 37.6 Å². The van der Waals surface area contributed by atoms with E-state index in [-0.39, 0.29) is 0 Å². The van der Waals surface area contributed by atoms with E-state index in [1.807, 2.05) is 12.1 Å². The van der Waals surface area contributed by atoms with E-state index >= 15 is 0 Å². The van der Waals surface area contributed by atoms with Crippen molar-refractivity contribution >= 4 is 11.0 Å². The largest absolute Gasteiger partial charge is 0.459 e. The van der Waals surface area contributed by atoms with Crippen LogP contribution in [0.3, 0.4) is 0 Å². The molecule has 0 radical (unpaired) electrons. The van der Waals surface area contributed by atoms with Crippen LogP contribution in [-0.4, -0.2) is 31.7 Å². The van der Waals surface area contributed by atoms with E-state index in [4.69, 9.17) is 14.9 Å². The van der Waals surface area contributed by atoms with Gasteiger partial charge < -0.3 is 14.9 Å². The van der Waals surface area contributed by atoms with E-state index in [1.54, 1.807) is 7.11 Å². The second-order valence-electron chi connectivity index (χ2n) is 5.90. The predicted octanol–water partition coefficient (Wildman–Crippen LogP) is 2.75. The number of hydrogen-bond acceptors (Lipinski definition) is 4. The fraction of sp³-hybridized carbons (Fsp3) is 0.529. The van der Waals surface area contributed by atoms with Crippen molar-refractivity contribution in [3.63, 3.8) is 0 Å². The first kappa shape index (κ1) is 14.6. The Labute approximate surface area is 125 Å². The smallest absolute Gasteiger partial charge is 0.134 e. The summed E-state index contributed by atoms with van der Waals surface area (Å²) in [5.41, 5.74) is 8.06. The van der Waals surface area contributed by atoms with Gasteiger partial charge >= 0.3 is 0 Å². The molecule has 1 aliphatic rings. The van der Waals surface area contributed by atoms with Crippen LogP contribution in [0.15, 0.2) is 28.7 Å². The van der Waals surface area contributed by atoms with E-state index in [9.17, 15) is 0 Å². The molecule has 2 N–H and O–H groups in total. The molecule has 21 heavy (non-hydrogen) atoms. The highest BCUT2D eigenvalue weighted by molar-refractivity contribution is 5.82. The van der Waals surface area contributed by atoms with E-state index in [2.05, 4.69) is 17.0 Å². The van der Waals surface area contributed by atoms with Crippen LogP contribution in [0.1, 0.15) is 24.2 Å². The van der Waals surface area contributed by atoms with Gasteiger partial charge in [-0.1, -0.05) is 18.2 Å². The molecule has 114 valence electrons. The number of methoxy groups -OCH3 is 1. The summed E-state index contributed by atoms with van der Waals surface area (Å²) in [6, 6.07) is 8.21. The van der Waals surface area contributed by atoms with Crippen molar-refractivity contribution < 1.29 is 9.15 Å². The van der Waals surface area contributed by atoms with Gasteiger partial charge in [-0.05, 0) is 31.4 Å². The van der Waals surface area contributed by atoms with Crippen molar-refractivity contribution in [3.8, 4) is 0 Å². The maximum absolute atomic E-state index is 5.89. The Morgan fingerprint density at radius 1 is 1.38 bits per heavy atom. The first-order valence-corrected chi connectivity index (χ1v) is 7.72. The maximum Gasteiger partial charge on any atom is 0.134 e. The third kappa shape index (κ3) is 3.12. The number of nitrogens with zero attached hydrogens (tertiary/aromatic N) is 1. The molecule has 0 bridgehead atoms. The molecule has 0 spiro atoms. The lowest BCUT2D eigenvalue weighted by Crippen LogP contribution is -2.36. The number of piperidine rings is 1. The molecule has 2 aromatic rings. The Hall–Kier alpha value is -1.36. The number of hydrogen-bond donors (Lipinski definition) is 1. The molecule has 0 amide bonds. The normalized spacial score (nSPS) is 20.2. The van der Waals surface area contributed by atoms with Crippen LogP contribution in [0.25, 0.3) is 11.0 Å². The van der Waals surface area contributed by atoms with Crippen molar-refractivity contribution in [1.82, 2.24) is 4.90 Å². The summed E-state index contributed by atoms with van der Waals surface area (Å²) in [6.07, 6.45) is 2.50. The number of nitrogens with two attached hydrogens (primary N) is 1. The van der Waals surface area contributed by atoms with Crippen molar-refractivity contribution in [2.45, 2.75) is 25.9 Å². The third-order valence-electron chi connectivity index (χ3n) is 4.35. The van der Waals surface area contributed by atoms with Gasteiger partial charge in [0.2, 0.25) is 0 Å². The summed E-state index contributed by atoms with van der Waals surface area (Å²) in [7, 11) is 1.79. The minimum Gasteiger partial charge on any atom is -0.459 e. The van der Waals surface area contributed by atoms with Crippen molar-refractivity contribution in [2.24, 2.45) is 11.7 Å². The fourth-order valence-electron chi connectivity index (χ4n) is 3.38. The van der Waals surface area contributed by atoms with Crippen molar-refractivity contribution in [2.75, 3.05) is 26.8 Å². The first-order valence-electron chi connectivity index (χ1n) is 7.72. The summed E-state index contributed by atoms with van der Waals surface area (Å²) >= 11 is 0. The molecule has 1 aromatic carbocycles. The highest BCUT2D eigenvalue weighted by Crippen LogP contribution is 2.28. The van der Waals surface area contributed by atoms with Gasteiger partial charge in [-0.25, -0.2) is 0 Å². The Morgan fingerprint density at radius 3 is 3.05 bits per heavy atom. The van der Waals surface area contributed by atoms with Gasteiger partial charge in [-0.2, -0.15) is 0 Å². The lowest BCUT2D eigenvalue weighted by Gasteiger charge is -2.32. The zero-order chi connectivity index (χ0) is 14.7. The Morgan fingerprint density at radius 2 is 2.24 bits per heavy atom. The van der Waals surface area contributed by atoms with Crippen LogP contribution in [0.5, 0.6) is 0 Å². The number of likely N-dealkylation sites (tertiary alicyclic amines) is 1. The highest BCUT2D eigenvalue weighted by Gasteiger charge is 2.22. The monoisotopic (exact) mass is 288 g/mol. The van der Waals surface area contributed by atoms with Crippen LogP contribution in [0.2, 0.25) is 0 Å². The van der Waals surface area contributed by atoms with Crippen LogP contribution in [0.4, 0.5) is 0 Å². The van der Waals surface area contributed by atoms with Crippen LogP contribution < -0.4 is 5.73 Å². The molecule has 0 aliphatic carbocycles. The van der Waals surface area contributed by atoms with Crippen LogP contribution in [0, 0.1) is 5.92 Å². The summed E-state index contributed by atoms with van der Waals surface area (Å²) in [5.74, 6) is 1.56. The van der Waals surface area contributed by atoms with Gasteiger partial charge in [0.15, 0.2) is 0 Å². The molecule has 1 unspecified atom stereocenters. The Bertz CT molecular complexity index is 591. The average Bonchev–Trinajstić information content (AvgIpc) is 2.86. The number of furan rings is 1. The molecule has 1 fully saturated rings. The van der Waals surface area contributed by atoms with Gasteiger partial charge in [0, 0.05) is 31.1 Å². The molecule has 4 heteroatoms. The lowest BCUT2D eigenvalue weighted by atomic mass is 9.98. The average molecular weight is 288 g/mol. The molecule has 4 nitrogen and oxygen atoms in total. The predicted molar refractivity (Wildman–Crippen MR) is 84.0 cm³/mol. The number of rotatable bonds is 5. The highest BCUT2D eigenvalue weighted by atomic mass is 16.5. The first-order chi connectivity index (χ1) is 10.3. The molecule has 3 rings (SSSR count). The lowest BCUT2D eigenvalue weighted by molar-refractivity contribution is 0.0873. The SMILES string of the molecule is COCC1CCCN(Cc2c(CN)oc3ccccc23)C1. The quantitative estimate of drug-likeness (QED) is 0.919. The number of benzene rings is 1. The minimum absolute atomic E-state index is 0.458. The topological polar surface area (TPSA) is 51.6 Å². The zero-order valence-corrected chi connectivity index (χ0v) is 12.7. The van der Waals surface area contributed by atoms with Crippen LogP contribution >= 0.6 is 0 Å². The molecule has 2 heterocycles. The van der Waals surface area contributed by atoms with Gasteiger partial charge in [-0.3, -0.25) is 4.90 Å². The Kier molecular flexibility index (Phi) is 4.58.